The highest BCUT2D eigenvalue weighted by Gasteiger charge is 2.25. The molecule has 0 heterocycles. The van der Waals surface area contributed by atoms with Crippen molar-refractivity contribution in [1.82, 2.24) is 0 Å². The molecule has 0 aromatic heterocycles. The SMILES string of the molecule is CC1CCC1Nc1ccc(C#N)cc1. The molecule has 1 aliphatic rings. The second-order valence-electron chi connectivity index (χ2n) is 3.99. The van der Waals surface area contributed by atoms with E-state index in [2.05, 4.69) is 18.3 Å². The van der Waals surface area contributed by atoms with E-state index in [-0.39, 0.29) is 0 Å². The summed E-state index contributed by atoms with van der Waals surface area (Å²) in [6, 6.07) is 10.4. The van der Waals surface area contributed by atoms with Crippen molar-refractivity contribution in [2.24, 2.45) is 5.92 Å². The zero-order valence-corrected chi connectivity index (χ0v) is 8.33. The second kappa shape index (κ2) is 3.71. The fraction of sp³-hybridized carbons (Fsp3) is 0.417. The first-order chi connectivity index (χ1) is 6.79. The molecule has 1 aromatic carbocycles. The van der Waals surface area contributed by atoms with Crippen LogP contribution in [0, 0.1) is 17.2 Å². The van der Waals surface area contributed by atoms with Gasteiger partial charge in [0.15, 0.2) is 0 Å². The Morgan fingerprint density at radius 2 is 2.00 bits per heavy atom. The molecule has 1 N–H and O–H groups in total. The van der Waals surface area contributed by atoms with Crippen LogP contribution < -0.4 is 5.32 Å². The van der Waals surface area contributed by atoms with Crippen molar-refractivity contribution in [3.05, 3.63) is 29.8 Å². The molecule has 0 saturated heterocycles. The van der Waals surface area contributed by atoms with E-state index in [1.165, 1.54) is 12.8 Å². The molecule has 1 aromatic rings. The first-order valence-electron chi connectivity index (χ1n) is 5.06. The minimum Gasteiger partial charge on any atom is -0.382 e. The summed E-state index contributed by atoms with van der Waals surface area (Å²) in [6.07, 6.45) is 2.59. The molecule has 0 bridgehead atoms. The van der Waals surface area contributed by atoms with Gasteiger partial charge in [0, 0.05) is 11.7 Å². The molecule has 2 atom stereocenters. The average molecular weight is 186 g/mol. The molecule has 2 rings (SSSR count). The minimum atomic E-state index is 0.628. The highest BCUT2D eigenvalue weighted by atomic mass is 14.9. The lowest BCUT2D eigenvalue weighted by Gasteiger charge is -2.35. The monoisotopic (exact) mass is 186 g/mol. The highest BCUT2D eigenvalue weighted by molar-refractivity contribution is 5.48. The third-order valence-corrected chi connectivity index (χ3v) is 2.99. The van der Waals surface area contributed by atoms with Gasteiger partial charge in [0.1, 0.15) is 0 Å². The van der Waals surface area contributed by atoms with Crippen molar-refractivity contribution >= 4 is 5.69 Å². The van der Waals surface area contributed by atoms with E-state index in [1.54, 1.807) is 0 Å². The highest BCUT2D eigenvalue weighted by Crippen LogP contribution is 2.29. The van der Waals surface area contributed by atoms with Gasteiger partial charge < -0.3 is 5.32 Å². The number of hydrogen-bond acceptors (Lipinski definition) is 2. The van der Waals surface area contributed by atoms with E-state index in [0.717, 1.165) is 17.2 Å². The van der Waals surface area contributed by atoms with Crippen LogP contribution in [0.25, 0.3) is 0 Å². The van der Waals surface area contributed by atoms with Crippen LogP contribution in [0.15, 0.2) is 24.3 Å². The molecule has 72 valence electrons. The zero-order valence-electron chi connectivity index (χ0n) is 8.33. The molecule has 0 amide bonds. The molecule has 14 heavy (non-hydrogen) atoms. The summed E-state index contributed by atoms with van der Waals surface area (Å²) in [4.78, 5) is 0. The summed E-state index contributed by atoms with van der Waals surface area (Å²) in [5.41, 5.74) is 1.85. The minimum absolute atomic E-state index is 0.628. The molecule has 1 aliphatic carbocycles. The summed E-state index contributed by atoms with van der Waals surface area (Å²) in [5.74, 6) is 0.783. The third kappa shape index (κ3) is 1.72. The maximum Gasteiger partial charge on any atom is 0.0991 e. The van der Waals surface area contributed by atoms with Crippen LogP contribution in [0.2, 0.25) is 0 Å². The Hall–Kier alpha value is -1.49. The van der Waals surface area contributed by atoms with Gasteiger partial charge in [-0.3, -0.25) is 0 Å². The summed E-state index contributed by atoms with van der Waals surface area (Å²) in [6.45, 7) is 2.27. The molecule has 0 aliphatic heterocycles. The van der Waals surface area contributed by atoms with E-state index < -0.39 is 0 Å². The maximum absolute atomic E-state index is 8.64. The van der Waals surface area contributed by atoms with Gasteiger partial charge in [-0.15, -0.1) is 0 Å². The lowest BCUT2D eigenvalue weighted by molar-refractivity contribution is 0.303. The molecule has 1 saturated carbocycles. The van der Waals surface area contributed by atoms with Crippen LogP contribution in [0.3, 0.4) is 0 Å². The Labute approximate surface area is 84.6 Å². The number of benzene rings is 1. The van der Waals surface area contributed by atoms with Crippen LogP contribution >= 0.6 is 0 Å². The van der Waals surface area contributed by atoms with Crippen LogP contribution in [-0.4, -0.2) is 6.04 Å². The van der Waals surface area contributed by atoms with Crippen LogP contribution in [-0.2, 0) is 0 Å². The zero-order chi connectivity index (χ0) is 9.97. The molecule has 2 nitrogen and oxygen atoms in total. The summed E-state index contributed by atoms with van der Waals surface area (Å²) < 4.78 is 0. The Kier molecular flexibility index (Phi) is 2.41. The predicted octanol–water partition coefficient (Wildman–Crippen LogP) is 2.77. The standard InChI is InChI=1S/C12H14N2/c1-9-2-7-12(9)14-11-5-3-10(8-13)4-6-11/h3-6,9,12,14H,2,7H2,1H3. The molecular weight excluding hydrogens is 172 g/mol. The lowest BCUT2D eigenvalue weighted by Crippen LogP contribution is -2.36. The number of hydrogen-bond donors (Lipinski definition) is 1. The normalized spacial score (nSPS) is 24.9. The van der Waals surface area contributed by atoms with Gasteiger partial charge in [-0.1, -0.05) is 6.92 Å². The fourth-order valence-electron chi connectivity index (χ4n) is 1.74. The largest absolute Gasteiger partial charge is 0.382 e. The van der Waals surface area contributed by atoms with Crippen molar-refractivity contribution in [1.29, 1.82) is 5.26 Å². The van der Waals surface area contributed by atoms with E-state index in [9.17, 15) is 0 Å². The lowest BCUT2D eigenvalue weighted by atomic mass is 9.81. The van der Waals surface area contributed by atoms with Gasteiger partial charge in [0.2, 0.25) is 0 Å². The molecular formula is C12H14N2. The first kappa shape index (κ1) is 9.08. The van der Waals surface area contributed by atoms with Crippen LogP contribution in [0.5, 0.6) is 0 Å². The van der Waals surface area contributed by atoms with Gasteiger partial charge >= 0.3 is 0 Å². The van der Waals surface area contributed by atoms with E-state index in [1.807, 2.05) is 24.3 Å². The maximum atomic E-state index is 8.64. The van der Waals surface area contributed by atoms with Gasteiger partial charge in [0.25, 0.3) is 0 Å². The molecule has 2 unspecified atom stereocenters. The van der Waals surface area contributed by atoms with Crippen molar-refractivity contribution in [3.63, 3.8) is 0 Å². The first-order valence-corrected chi connectivity index (χ1v) is 5.06. The van der Waals surface area contributed by atoms with Gasteiger partial charge in [-0.2, -0.15) is 5.26 Å². The Morgan fingerprint density at radius 3 is 2.43 bits per heavy atom. The van der Waals surface area contributed by atoms with E-state index in [0.29, 0.717) is 6.04 Å². The number of anilines is 1. The van der Waals surface area contributed by atoms with E-state index >= 15 is 0 Å². The fourth-order valence-corrected chi connectivity index (χ4v) is 1.74. The molecule has 1 fully saturated rings. The topological polar surface area (TPSA) is 35.8 Å². The summed E-state index contributed by atoms with van der Waals surface area (Å²) in [7, 11) is 0. The number of nitrogens with one attached hydrogen (secondary N) is 1. The molecule has 0 spiro atoms. The van der Waals surface area contributed by atoms with Gasteiger partial charge in [-0.05, 0) is 43.0 Å². The van der Waals surface area contributed by atoms with Crippen LogP contribution in [0.1, 0.15) is 25.3 Å². The average Bonchev–Trinajstić information content (AvgIpc) is 2.24. The van der Waals surface area contributed by atoms with Crippen molar-refractivity contribution in [2.45, 2.75) is 25.8 Å². The van der Waals surface area contributed by atoms with Gasteiger partial charge in [0.05, 0.1) is 11.6 Å². The smallest absolute Gasteiger partial charge is 0.0991 e. The quantitative estimate of drug-likeness (QED) is 0.770. The van der Waals surface area contributed by atoms with Gasteiger partial charge in [-0.25, -0.2) is 0 Å². The Balaban J connectivity index is 2.00. The number of rotatable bonds is 2. The van der Waals surface area contributed by atoms with E-state index in [4.69, 9.17) is 5.26 Å². The Bertz CT molecular complexity index is 348. The summed E-state index contributed by atoms with van der Waals surface area (Å²) >= 11 is 0. The second-order valence-corrected chi connectivity index (χ2v) is 3.99. The predicted molar refractivity (Wildman–Crippen MR) is 57.0 cm³/mol. The summed E-state index contributed by atoms with van der Waals surface area (Å²) in [5, 5.41) is 12.1. The number of nitrogens with zero attached hydrogens (tertiary/aromatic N) is 1. The molecule has 0 radical (unpaired) electrons. The molecule has 2 heteroatoms. The van der Waals surface area contributed by atoms with Crippen molar-refractivity contribution < 1.29 is 0 Å². The Morgan fingerprint density at radius 1 is 1.29 bits per heavy atom. The number of nitriles is 1. The van der Waals surface area contributed by atoms with Crippen molar-refractivity contribution in [3.8, 4) is 6.07 Å². The van der Waals surface area contributed by atoms with Crippen molar-refractivity contribution in [2.75, 3.05) is 5.32 Å². The van der Waals surface area contributed by atoms with Crippen LogP contribution in [0.4, 0.5) is 5.69 Å². The third-order valence-electron chi connectivity index (χ3n) is 2.99.